The van der Waals surface area contributed by atoms with Gasteiger partial charge in [-0.3, -0.25) is 4.98 Å². The van der Waals surface area contributed by atoms with Crippen LogP contribution in [0.4, 0.5) is 5.69 Å². The molecule has 1 aliphatic rings. The van der Waals surface area contributed by atoms with Gasteiger partial charge >= 0.3 is 0 Å². The van der Waals surface area contributed by atoms with Crippen LogP contribution in [0.25, 0.3) is 5.69 Å². The van der Waals surface area contributed by atoms with E-state index in [1.165, 1.54) is 28.1 Å². The molecular formula is C27H26N4S. The van der Waals surface area contributed by atoms with E-state index in [1.54, 1.807) is 0 Å². The minimum Gasteiger partial charge on any atom is -0.351 e. The fraction of sp³-hybridized carbons (Fsp3) is 0.185. The Bertz CT molecular complexity index is 1260. The second kappa shape index (κ2) is 8.24. The van der Waals surface area contributed by atoms with E-state index in [9.17, 15) is 0 Å². The highest BCUT2D eigenvalue weighted by molar-refractivity contribution is 7.80. The number of para-hydroxylation sites is 1. The molecule has 0 saturated carbocycles. The van der Waals surface area contributed by atoms with Crippen molar-refractivity contribution in [2.45, 2.75) is 32.9 Å². The fourth-order valence-electron chi connectivity index (χ4n) is 4.71. The second-order valence-corrected chi connectivity index (χ2v) is 8.82. The Kier molecular flexibility index (Phi) is 5.27. The van der Waals surface area contributed by atoms with Gasteiger partial charge in [0.1, 0.15) is 6.04 Å². The number of benzene rings is 2. The number of aryl methyl sites for hydroxylation is 3. The molecule has 0 unspecified atom stereocenters. The lowest BCUT2D eigenvalue weighted by atomic mass is 10.00. The highest BCUT2D eigenvalue weighted by atomic mass is 32.1. The Balaban J connectivity index is 1.70. The first kappa shape index (κ1) is 20.5. The van der Waals surface area contributed by atoms with Gasteiger partial charge in [0.05, 0.1) is 11.7 Å². The predicted octanol–water partition coefficient (Wildman–Crippen LogP) is 5.97. The molecule has 0 aliphatic carbocycles. The first-order valence-corrected chi connectivity index (χ1v) is 11.3. The Morgan fingerprint density at radius 1 is 0.875 bits per heavy atom. The molecule has 1 saturated heterocycles. The quantitative estimate of drug-likeness (QED) is 0.398. The molecule has 2 aromatic carbocycles. The third kappa shape index (κ3) is 3.59. The summed E-state index contributed by atoms with van der Waals surface area (Å²) >= 11 is 5.90. The van der Waals surface area contributed by atoms with Crippen molar-refractivity contribution in [1.29, 1.82) is 0 Å². The number of thiocarbonyl (C=S) groups is 1. The summed E-state index contributed by atoms with van der Waals surface area (Å²) in [6.07, 6.45) is 3.98. The highest BCUT2D eigenvalue weighted by Gasteiger charge is 2.42. The summed E-state index contributed by atoms with van der Waals surface area (Å²) in [5, 5.41) is 4.29. The summed E-state index contributed by atoms with van der Waals surface area (Å²) in [7, 11) is 0. The zero-order valence-corrected chi connectivity index (χ0v) is 19.3. The van der Waals surface area contributed by atoms with Crippen molar-refractivity contribution in [2.75, 3.05) is 4.90 Å². The summed E-state index contributed by atoms with van der Waals surface area (Å²) in [6, 6.07) is 25.3. The van der Waals surface area contributed by atoms with Gasteiger partial charge in [-0.2, -0.15) is 0 Å². The lowest BCUT2D eigenvalue weighted by Crippen LogP contribution is -2.30. The van der Waals surface area contributed by atoms with E-state index < -0.39 is 0 Å². The number of hydrogen-bond acceptors (Lipinski definition) is 2. The van der Waals surface area contributed by atoms with Crippen LogP contribution in [0.5, 0.6) is 0 Å². The van der Waals surface area contributed by atoms with Gasteiger partial charge in [-0.15, -0.1) is 0 Å². The molecule has 2 atom stereocenters. The largest absolute Gasteiger partial charge is 0.351 e. The van der Waals surface area contributed by atoms with Crippen molar-refractivity contribution in [3.8, 4) is 5.69 Å². The number of aromatic nitrogens is 2. The van der Waals surface area contributed by atoms with E-state index in [4.69, 9.17) is 12.2 Å². The van der Waals surface area contributed by atoms with Gasteiger partial charge in [0.15, 0.2) is 5.11 Å². The highest BCUT2D eigenvalue weighted by Crippen LogP contribution is 2.42. The minimum atomic E-state index is -0.0674. The van der Waals surface area contributed by atoms with Crippen molar-refractivity contribution in [3.63, 3.8) is 0 Å². The maximum Gasteiger partial charge on any atom is 0.174 e. The number of anilines is 1. The van der Waals surface area contributed by atoms with E-state index in [2.05, 4.69) is 107 Å². The molecule has 2 aromatic heterocycles. The molecule has 160 valence electrons. The molecule has 0 bridgehead atoms. The summed E-state index contributed by atoms with van der Waals surface area (Å²) < 4.78 is 2.28. The van der Waals surface area contributed by atoms with E-state index in [0.29, 0.717) is 5.11 Å². The van der Waals surface area contributed by atoms with Crippen LogP contribution >= 0.6 is 12.2 Å². The Labute approximate surface area is 194 Å². The van der Waals surface area contributed by atoms with Crippen LogP contribution in [0.3, 0.4) is 0 Å². The van der Waals surface area contributed by atoms with E-state index in [-0.39, 0.29) is 12.1 Å². The van der Waals surface area contributed by atoms with Crippen LogP contribution in [0.2, 0.25) is 0 Å². The Hall–Kier alpha value is -3.44. The van der Waals surface area contributed by atoms with E-state index in [1.807, 2.05) is 18.3 Å². The average molecular weight is 439 g/mol. The number of nitrogens with one attached hydrogen (secondary N) is 1. The Morgan fingerprint density at radius 3 is 2.34 bits per heavy atom. The van der Waals surface area contributed by atoms with Crippen LogP contribution in [0, 0.1) is 20.8 Å². The van der Waals surface area contributed by atoms with Crippen LogP contribution in [-0.4, -0.2) is 14.7 Å². The molecule has 32 heavy (non-hydrogen) atoms. The standard InChI is InChI=1S/C27H26N4S/c1-18-15-19(2)17-21(16-18)31-26(25(29-27(31)32)22-10-6-7-13-28-22)24-12-8-14-30(24)23-11-5-4-9-20(23)3/h4-17,25-26H,1-3H3,(H,29,32)/t25-,26+/m1/s1. The number of rotatable bonds is 4. The van der Waals surface area contributed by atoms with Crippen molar-refractivity contribution in [1.82, 2.24) is 14.9 Å². The number of pyridine rings is 1. The van der Waals surface area contributed by atoms with E-state index in [0.717, 1.165) is 11.4 Å². The molecule has 5 rings (SSSR count). The van der Waals surface area contributed by atoms with Gasteiger partial charge in [-0.25, -0.2) is 0 Å². The molecule has 0 amide bonds. The SMILES string of the molecule is Cc1cc(C)cc(N2C(=S)N[C@H](c3ccccn3)[C@@H]2c2cccn2-c2ccccc2C)c1. The first-order chi connectivity index (χ1) is 15.5. The first-order valence-electron chi connectivity index (χ1n) is 10.8. The van der Waals surface area contributed by atoms with E-state index >= 15 is 0 Å². The molecule has 5 heteroatoms. The van der Waals surface area contributed by atoms with Crippen molar-refractivity contribution >= 4 is 23.0 Å². The smallest absolute Gasteiger partial charge is 0.174 e. The molecule has 4 nitrogen and oxygen atoms in total. The number of hydrogen-bond donors (Lipinski definition) is 1. The predicted molar refractivity (Wildman–Crippen MR) is 134 cm³/mol. The zero-order valence-electron chi connectivity index (χ0n) is 18.5. The van der Waals surface area contributed by atoms with Crippen molar-refractivity contribution in [2.24, 2.45) is 0 Å². The summed E-state index contributed by atoms with van der Waals surface area (Å²) in [5.41, 5.74) is 8.08. The lowest BCUT2D eigenvalue weighted by molar-refractivity contribution is 0.549. The van der Waals surface area contributed by atoms with Crippen LogP contribution < -0.4 is 10.2 Å². The van der Waals surface area contributed by atoms with Crippen LogP contribution in [0.1, 0.15) is 40.2 Å². The second-order valence-electron chi connectivity index (χ2n) is 8.43. The molecule has 4 aromatic rings. The number of nitrogens with zero attached hydrogens (tertiary/aromatic N) is 3. The Morgan fingerprint density at radius 2 is 1.62 bits per heavy atom. The summed E-state index contributed by atoms with van der Waals surface area (Å²) in [4.78, 5) is 6.93. The third-order valence-corrected chi connectivity index (χ3v) is 6.36. The van der Waals surface area contributed by atoms with Gasteiger partial charge < -0.3 is 14.8 Å². The van der Waals surface area contributed by atoms with Gasteiger partial charge in [0.25, 0.3) is 0 Å². The summed E-state index contributed by atoms with van der Waals surface area (Å²) in [6.45, 7) is 6.41. The average Bonchev–Trinajstić information content (AvgIpc) is 3.38. The van der Waals surface area contributed by atoms with Gasteiger partial charge in [0.2, 0.25) is 0 Å². The van der Waals surface area contributed by atoms with Crippen molar-refractivity contribution in [3.05, 3.63) is 113 Å². The lowest BCUT2D eigenvalue weighted by Gasteiger charge is -2.29. The van der Waals surface area contributed by atoms with Gasteiger partial charge in [0, 0.05) is 29.5 Å². The third-order valence-electron chi connectivity index (χ3n) is 6.04. The molecule has 1 aliphatic heterocycles. The summed E-state index contributed by atoms with van der Waals surface area (Å²) in [5.74, 6) is 0. The normalized spacial score (nSPS) is 18.1. The minimum absolute atomic E-state index is 0.0480. The fourth-order valence-corrected chi connectivity index (χ4v) is 5.06. The molecule has 0 radical (unpaired) electrons. The maximum atomic E-state index is 5.90. The molecule has 1 N–H and O–H groups in total. The molecule has 3 heterocycles. The molecular weight excluding hydrogens is 412 g/mol. The van der Waals surface area contributed by atoms with Crippen LogP contribution in [-0.2, 0) is 0 Å². The molecule has 1 fully saturated rings. The monoisotopic (exact) mass is 438 g/mol. The maximum absolute atomic E-state index is 5.90. The van der Waals surface area contributed by atoms with Gasteiger partial charge in [-0.1, -0.05) is 30.3 Å². The van der Waals surface area contributed by atoms with Gasteiger partial charge in [-0.05, 0) is 92.1 Å². The van der Waals surface area contributed by atoms with Crippen LogP contribution in [0.15, 0.2) is 85.2 Å². The van der Waals surface area contributed by atoms with Crippen molar-refractivity contribution < 1.29 is 0 Å². The zero-order chi connectivity index (χ0) is 22.2. The molecule has 0 spiro atoms. The topological polar surface area (TPSA) is 33.1 Å².